The summed E-state index contributed by atoms with van der Waals surface area (Å²) in [6, 6.07) is 7.34. The number of rotatable bonds is 9. The molecular weight excluding hydrogens is 378 g/mol. The van der Waals surface area contributed by atoms with E-state index in [0.29, 0.717) is 30.5 Å². The molecule has 1 aromatic carbocycles. The largest absolute Gasteiger partial charge is 0.355 e. The van der Waals surface area contributed by atoms with E-state index in [1.807, 2.05) is 12.1 Å². The molecular formula is C19H31N5O3S. The van der Waals surface area contributed by atoms with Crippen LogP contribution in [0.1, 0.15) is 35.2 Å². The van der Waals surface area contributed by atoms with Gasteiger partial charge in [0.2, 0.25) is 10.0 Å². The highest BCUT2D eigenvalue weighted by Gasteiger charge is 2.20. The van der Waals surface area contributed by atoms with Crippen molar-refractivity contribution in [3.63, 3.8) is 0 Å². The lowest BCUT2D eigenvalue weighted by molar-refractivity contribution is 0.0827. The summed E-state index contributed by atoms with van der Waals surface area (Å²) in [5, 5.41) is 6.16. The number of hydrogen-bond donors (Lipinski definition) is 3. The Labute approximate surface area is 167 Å². The monoisotopic (exact) mass is 409 g/mol. The highest BCUT2D eigenvalue weighted by Crippen LogP contribution is 2.25. The molecule has 3 N–H and O–H groups in total. The van der Waals surface area contributed by atoms with Crippen molar-refractivity contribution in [3.8, 4) is 0 Å². The zero-order valence-electron chi connectivity index (χ0n) is 16.9. The minimum absolute atomic E-state index is 0.00175. The standard InChI is InChI=1S/C19H31N5O3S/c1-20-19(21-11-12-28(26,27)23-14-15-5-4-6-15)22-13-16-7-9-17(10-8-16)18(25)24(2)3/h7-10,15,23H,4-6,11-14H2,1-3H3,(H2,20,21,22). The van der Waals surface area contributed by atoms with Crippen LogP contribution in [-0.2, 0) is 16.6 Å². The fourth-order valence-electron chi connectivity index (χ4n) is 2.75. The lowest BCUT2D eigenvalue weighted by Crippen LogP contribution is -2.41. The second-order valence-electron chi connectivity index (χ2n) is 7.21. The normalized spacial score (nSPS) is 15.0. The maximum atomic E-state index is 12.0. The van der Waals surface area contributed by atoms with E-state index < -0.39 is 10.0 Å². The third kappa shape index (κ3) is 7.12. The van der Waals surface area contributed by atoms with Gasteiger partial charge in [-0.3, -0.25) is 9.79 Å². The topological polar surface area (TPSA) is 103 Å². The molecule has 8 nitrogen and oxygen atoms in total. The Morgan fingerprint density at radius 2 is 1.86 bits per heavy atom. The second kappa shape index (κ2) is 10.4. The number of guanidine groups is 1. The molecule has 0 spiro atoms. The summed E-state index contributed by atoms with van der Waals surface area (Å²) >= 11 is 0. The third-order valence-corrected chi connectivity index (χ3v) is 6.12. The minimum Gasteiger partial charge on any atom is -0.355 e. The van der Waals surface area contributed by atoms with Gasteiger partial charge in [0.25, 0.3) is 5.91 Å². The molecule has 1 saturated carbocycles. The molecule has 1 aliphatic carbocycles. The third-order valence-electron chi connectivity index (χ3n) is 4.77. The molecule has 1 aliphatic rings. The number of carbonyl (C=O) groups is 1. The Bertz CT molecular complexity index is 771. The van der Waals surface area contributed by atoms with Gasteiger partial charge in [0.1, 0.15) is 0 Å². The summed E-state index contributed by atoms with van der Waals surface area (Å²) in [4.78, 5) is 17.5. The number of nitrogens with one attached hydrogen (secondary N) is 3. The van der Waals surface area contributed by atoms with Gasteiger partial charge < -0.3 is 15.5 Å². The second-order valence-corrected chi connectivity index (χ2v) is 9.14. The van der Waals surface area contributed by atoms with Crippen molar-refractivity contribution in [1.29, 1.82) is 0 Å². The average Bonchev–Trinajstić information content (AvgIpc) is 2.62. The molecule has 156 valence electrons. The van der Waals surface area contributed by atoms with Crippen LogP contribution in [0.5, 0.6) is 0 Å². The summed E-state index contributed by atoms with van der Waals surface area (Å²) in [5.41, 5.74) is 1.63. The predicted molar refractivity (Wildman–Crippen MR) is 112 cm³/mol. The zero-order valence-corrected chi connectivity index (χ0v) is 17.7. The van der Waals surface area contributed by atoms with Gasteiger partial charge in [-0.1, -0.05) is 18.6 Å². The average molecular weight is 410 g/mol. The Morgan fingerprint density at radius 3 is 2.39 bits per heavy atom. The van der Waals surface area contributed by atoms with E-state index in [9.17, 15) is 13.2 Å². The molecule has 28 heavy (non-hydrogen) atoms. The van der Waals surface area contributed by atoms with E-state index in [-0.39, 0.29) is 18.2 Å². The molecule has 1 amide bonds. The van der Waals surface area contributed by atoms with E-state index in [0.717, 1.165) is 18.4 Å². The van der Waals surface area contributed by atoms with Crippen molar-refractivity contribution in [1.82, 2.24) is 20.3 Å². The molecule has 0 radical (unpaired) electrons. The first-order chi connectivity index (χ1) is 13.3. The first-order valence-electron chi connectivity index (χ1n) is 9.53. The lowest BCUT2D eigenvalue weighted by atomic mass is 9.86. The van der Waals surface area contributed by atoms with Crippen LogP contribution in [0.25, 0.3) is 0 Å². The highest BCUT2D eigenvalue weighted by molar-refractivity contribution is 7.89. The molecule has 0 heterocycles. The molecule has 1 fully saturated rings. The fourth-order valence-corrected chi connectivity index (χ4v) is 3.75. The number of amides is 1. The smallest absolute Gasteiger partial charge is 0.253 e. The SMILES string of the molecule is CN=C(NCCS(=O)(=O)NCC1CCC1)NCc1ccc(C(=O)N(C)C)cc1. The number of sulfonamides is 1. The maximum Gasteiger partial charge on any atom is 0.253 e. The number of hydrogen-bond acceptors (Lipinski definition) is 4. The highest BCUT2D eigenvalue weighted by atomic mass is 32.2. The van der Waals surface area contributed by atoms with Gasteiger partial charge in [-0.2, -0.15) is 0 Å². The van der Waals surface area contributed by atoms with Crippen LogP contribution in [0.15, 0.2) is 29.3 Å². The first-order valence-corrected chi connectivity index (χ1v) is 11.2. The number of aliphatic imine (C=N–C) groups is 1. The van der Waals surface area contributed by atoms with Crippen molar-refractivity contribution in [2.75, 3.05) is 40.0 Å². The van der Waals surface area contributed by atoms with E-state index >= 15 is 0 Å². The van der Waals surface area contributed by atoms with E-state index in [4.69, 9.17) is 0 Å². The van der Waals surface area contributed by atoms with Gasteiger partial charge in [0, 0.05) is 46.3 Å². The first kappa shape index (κ1) is 22.2. The molecule has 0 atom stereocenters. The van der Waals surface area contributed by atoms with Crippen molar-refractivity contribution < 1.29 is 13.2 Å². The molecule has 0 aliphatic heterocycles. The lowest BCUT2D eigenvalue weighted by Gasteiger charge is -2.25. The van der Waals surface area contributed by atoms with Crippen molar-refractivity contribution >= 4 is 21.9 Å². The van der Waals surface area contributed by atoms with Crippen LogP contribution < -0.4 is 15.4 Å². The van der Waals surface area contributed by atoms with Gasteiger partial charge in [-0.05, 0) is 36.5 Å². The predicted octanol–water partition coefficient (Wildman–Crippen LogP) is 0.773. The van der Waals surface area contributed by atoms with Crippen molar-refractivity contribution in [2.45, 2.75) is 25.8 Å². The van der Waals surface area contributed by atoms with E-state index in [1.54, 1.807) is 33.3 Å². The van der Waals surface area contributed by atoms with Gasteiger partial charge in [0.15, 0.2) is 5.96 Å². The van der Waals surface area contributed by atoms with Crippen molar-refractivity contribution in [3.05, 3.63) is 35.4 Å². The number of benzene rings is 1. The Morgan fingerprint density at radius 1 is 1.18 bits per heavy atom. The van der Waals surface area contributed by atoms with Gasteiger partial charge in [-0.15, -0.1) is 0 Å². The van der Waals surface area contributed by atoms with Gasteiger partial charge in [-0.25, -0.2) is 13.1 Å². The summed E-state index contributed by atoms with van der Waals surface area (Å²) in [6.45, 7) is 1.33. The molecule has 9 heteroatoms. The van der Waals surface area contributed by atoms with E-state index in [1.165, 1.54) is 11.3 Å². The Balaban J connectivity index is 1.72. The summed E-state index contributed by atoms with van der Waals surface area (Å²) in [7, 11) is 1.80. The maximum absolute atomic E-state index is 12.0. The zero-order chi connectivity index (χ0) is 20.6. The molecule has 2 rings (SSSR count). The molecule has 0 unspecified atom stereocenters. The van der Waals surface area contributed by atoms with Crippen LogP contribution in [0, 0.1) is 5.92 Å². The summed E-state index contributed by atoms with van der Waals surface area (Å²) in [5.74, 6) is 0.991. The quantitative estimate of drug-likeness (QED) is 0.413. The molecule has 0 aromatic heterocycles. The summed E-state index contributed by atoms with van der Waals surface area (Å²) in [6.07, 6.45) is 3.42. The Kier molecular flexibility index (Phi) is 8.25. The molecule has 0 bridgehead atoms. The minimum atomic E-state index is -3.28. The number of carbonyl (C=O) groups excluding carboxylic acids is 1. The van der Waals surface area contributed by atoms with Crippen LogP contribution in [0.4, 0.5) is 0 Å². The number of nitrogens with zero attached hydrogens (tertiary/aromatic N) is 2. The van der Waals surface area contributed by atoms with Gasteiger partial charge >= 0.3 is 0 Å². The van der Waals surface area contributed by atoms with Crippen LogP contribution in [0.2, 0.25) is 0 Å². The fraction of sp³-hybridized carbons (Fsp3) is 0.579. The van der Waals surface area contributed by atoms with Crippen molar-refractivity contribution in [2.24, 2.45) is 10.9 Å². The molecule has 1 aromatic rings. The Hall–Kier alpha value is -2.13. The van der Waals surface area contributed by atoms with Crippen LogP contribution in [-0.4, -0.2) is 65.2 Å². The van der Waals surface area contributed by atoms with Gasteiger partial charge in [0.05, 0.1) is 5.75 Å². The summed E-state index contributed by atoms with van der Waals surface area (Å²) < 4.78 is 26.7. The molecule has 0 saturated heterocycles. The van der Waals surface area contributed by atoms with E-state index in [2.05, 4.69) is 20.3 Å². The van der Waals surface area contributed by atoms with Crippen LogP contribution in [0.3, 0.4) is 0 Å². The van der Waals surface area contributed by atoms with Crippen LogP contribution >= 0.6 is 0 Å².